The van der Waals surface area contributed by atoms with Crippen LogP contribution in [-0.4, -0.2) is 77.3 Å². The van der Waals surface area contributed by atoms with E-state index >= 15 is 0 Å². The lowest BCUT2D eigenvalue weighted by molar-refractivity contribution is -0.126. The number of urea groups is 1. The predicted octanol–water partition coefficient (Wildman–Crippen LogP) is -1.87. The number of likely N-dealkylation sites (N-methyl/N-ethyl adjacent to an activating group) is 1. The number of nitrogens with zero attached hydrogens (tertiary/aromatic N) is 2. The zero-order valence-corrected chi connectivity index (χ0v) is 10.8. The molecule has 0 bridgehead atoms. The third-order valence-corrected chi connectivity index (χ3v) is 2.82. The Hall–Kier alpha value is -1.67. The summed E-state index contributed by atoms with van der Waals surface area (Å²) >= 11 is 0. The quantitative estimate of drug-likeness (QED) is 0.471. The highest BCUT2D eigenvalue weighted by molar-refractivity contribution is 6.01. The first kappa shape index (κ1) is 15.4. The fraction of sp³-hybridized carbons (Fsp3) is 0.727. The van der Waals surface area contributed by atoms with Gasteiger partial charge in [-0.15, -0.1) is 0 Å². The van der Waals surface area contributed by atoms with E-state index in [1.165, 1.54) is 4.90 Å². The average molecular weight is 273 g/mol. The van der Waals surface area contributed by atoms with Crippen molar-refractivity contribution in [3.8, 4) is 0 Å². The summed E-state index contributed by atoms with van der Waals surface area (Å²) in [6.45, 7) is -0.410. The van der Waals surface area contributed by atoms with Crippen molar-refractivity contribution < 1.29 is 24.6 Å². The Balaban J connectivity index is 2.29. The molecule has 0 saturated carbocycles. The molecule has 1 aliphatic rings. The summed E-state index contributed by atoms with van der Waals surface area (Å²) in [4.78, 5) is 36.8. The van der Waals surface area contributed by atoms with Crippen molar-refractivity contribution in [2.75, 3.05) is 33.4 Å². The first-order valence-corrected chi connectivity index (χ1v) is 6.06. The highest BCUT2D eigenvalue weighted by Gasteiger charge is 2.32. The first-order chi connectivity index (χ1) is 8.99. The van der Waals surface area contributed by atoms with Crippen LogP contribution in [-0.2, 0) is 9.59 Å². The van der Waals surface area contributed by atoms with Crippen molar-refractivity contribution in [2.45, 2.75) is 18.9 Å². The first-order valence-electron chi connectivity index (χ1n) is 6.06. The molecule has 0 aromatic heterocycles. The van der Waals surface area contributed by atoms with Crippen molar-refractivity contribution in [3.63, 3.8) is 0 Å². The molecule has 8 nitrogen and oxygen atoms in total. The number of rotatable bonds is 7. The molecule has 0 aromatic carbocycles. The van der Waals surface area contributed by atoms with E-state index in [4.69, 9.17) is 10.2 Å². The van der Waals surface area contributed by atoms with Gasteiger partial charge in [-0.1, -0.05) is 0 Å². The van der Waals surface area contributed by atoms with E-state index in [0.29, 0.717) is 6.42 Å². The monoisotopic (exact) mass is 273 g/mol. The van der Waals surface area contributed by atoms with Gasteiger partial charge in [-0.25, -0.2) is 4.79 Å². The summed E-state index contributed by atoms with van der Waals surface area (Å²) in [7, 11) is 1.54. The van der Waals surface area contributed by atoms with Crippen LogP contribution in [0.15, 0.2) is 0 Å². The number of amides is 4. The van der Waals surface area contributed by atoms with Crippen molar-refractivity contribution in [2.24, 2.45) is 0 Å². The fourth-order valence-corrected chi connectivity index (χ4v) is 1.74. The molecule has 0 aromatic rings. The fourth-order valence-electron chi connectivity index (χ4n) is 1.74. The van der Waals surface area contributed by atoms with Gasteiger partial charge in [-0.05, 0) is 6.42 Å². The second-order valence-electron chi connectivity index (χ2n) is 4.42. The molecule has 1 aliphatic heterocycles. The number of hydrogen-bond acceptors (Lipinski definition) is 5. The van der Waals surface area contributed by atoms with Gasteiger partial charge in [0.25, 0.3) is 0 Å². The van der Waals surface area contributed by atoms with Crippen LogP contribution in [0.2, 0.25) is 0 Å². The number of aliphatic hydroxyl groups excluding tert-OH is 2. The number of hydrogen-bond donors (Lipinski definition) is 3. The van der Waals surface area contributed by atoms with Crippen molar-refractivity contribution in [3.05, 3.63) is 0 Å². The van der Waals surface area contributed by atoms with E-state index in [-0.39, 0.29) is 50.6 Å². The standard InChI is InChI=1S/C11H19N3O5/c1-13-5-10(18)14(11(13)19)4-2-3-9(17)12-8(6-15)7-16/h8,15-16H,2-7H2,1H3,(H,12,17). The highest BCUT2D eigenvalue weighted by atomic mass is 16.3. The molecule has 19 heavy (non-hydrogen) atoms. The van der Waals surface area contributed by atoms with Gasteiger partial charge in [0.15, 0.2) is 0 Å². The molecular formula is C11H19N3O5. The molecule has 4 amide bonds. The minimum Gasteiger partial charge on any atom is -0.394 e. The summed E-state index contributed by atoms with van der Waals surface area (Å²) in [6, 6.07) is -1.03. The molecule has 8 heteroatoms. The molecule has 1 rings (SSSR count). The Kier molecular flexibility index (Phi) is 5.71. The second-order valence-corrected chi connectivity index (χ2v) is 4.42. The van der Waals surface area contributed by atoms with Crippen LogP contribution in [0.4, 0.5) is 4.79 Å². The molecule has 1 heterocycles. The summed E-state index contributed by atoms with van der Waals surface area (Å²) in [6.07, 6.45) is 0.470. The molecule has 0 spiro atoms. The Labute approximate surface area is 111 Å². The lowest BCUT2D eigenvalue weighted by Gasteiger charge is -2.15. The molecular weight excluding hydrogens is 254 g/mol. The minimum absolute atomic E-state index is 0.0716. The van der Waals surface area contributed by atoms with Crippen molar-refractivity contribution >= 4 is 17.8 Å². The van der Waals surface area contributed by atoms with Gasteiger partial charge in [0.05, 0.1) is 19.3 Å². The molecule has 1 fully saturated rings. The maximum absolute atomic E-state index is 11.5. The number of carbonyl (C=O) groups is 3. The van der Waals surface area contributed by atoms with E-state index in [1.54, 1.807) is 7.05 Å². The number of nitrogens with one attached hydrogen (secondary N) is 1. The van der Waals surface area contributed by atoms with Crippen LogP contribution >= 0.6 is 0 Å². The summed E-state index contributed by atoms with van der Waals surface area (Å²) < 4.78 is 0. The topological polar surface area (TPSA) is 110 Å². The smallest absolute Gasteiger partial charge is 0.326 e. The Bertz CT molecular complexity index is 356. The van der Waals surface area contributed by atoms with Gasteiger partial charge >= 0.3 is 6.03 Å². The van der Waals surface area contributed by atoms with Crippen LogP contribution in [0.25, 0.3) is 0 Å². The SMILES string of the molecule is CN1CC(=O)N(CCCC(=O)NC(CO)CO)C1=O. The van der Waals surface area contributed by atoms with Gasteiger partial charge in [-0.3, -0.25) is 14.5 Å². The Morgan fingerprint density at radius 1 is 1.37 bits per heavy atom. The van der Waals surface area contributed by atoms with Gasteiger partial charge in [0.1, 0.15) is 6.54 Å². The summed E-state index contributed by atoms with van der Waals surface area (Å²) in [5, 5.41) is 20.0. The largest absolute Gasteiger partial charge is 0.394 e. The van der Waals surface area contributed by atoms with Gasteiger partial charge in [0, 0.05) is 20.0 Å². The van der Waals surface area contributed by atoms with Crippen LogP contribution in [0.3, 0.4) is 0 Å². The zero-order valence-electron chi connectivity index (χ0n) is 10.8. The molecule has 0 unspecified atom stereocenters. The highest BCUT2D eigenvalue weighted by Crippen LogP contribution is 2.09. The predicted molar refractivity (Wildman–Crippen MR) is 65.1 cm³/mol. The maximum Gasteiger partial charge on any atom is 0.326 e. The number of aliphatic hydroxyl groups is 2. The molecule has 3 N–H and O–H groups in total. The van der Waals surface area contributed by atoms with Crippen LogP contribution in [0.5, 0.6) is 0 Å². The van der Waals surface area contributed by atoms with E-state index < -0.39 is 6.04 Å². The van der Waals surface area contributed by atoms with Crippen LogP contribution in [0, 0.1) is 0 Å². The molecule has 0 atom stereocenters. The molecule has 0 aliphatic carbocycles. The van der Waals surface area contributed by atoms with Gasteiger partial charge in [-0.2, -0.15) is 0 Å². The lowest BCUT2D eigenvalue weighted by atomic mass is 10.2. The van der Waals surface area contributed by atoms with Crippen LogP contribution < -0.4 is 5.32 Å². The number of imide groups is 1. The van der Waals surface area contributed by atoms with Gasteiger partial charge in [0.2, 0.25) is 11.8 Å². The normalized spacial score (nSPS) is 15.6. The van der Waals surface area contributed by atoms with E-state index in [2.05, 4.69) is 5.32 Å². The third kappa shape index (κ3) is 4.18. The van der Waals surface area contributed by atoms with Crippen molar-refractivity contribution in [1.82, 2.24) is 15.1 Å². The van der Waals surface area contributed by atoms with E-state index in [1.807, 2.05) is 0 Å². The van der Waals surface area contributed by atoms with Crippen molar-refractivity contribution in [1.29, 1.82) is 0 Å². The summed E-state index contributed by atoms with van der Waals surface area (Å²) in [5.74, 6) is -0.600. The Morgan fingerprint density at radius 2 is 2.00 bits per heavy atom. The third-order valence-electron chi connectivity index (χ3n) is 2.82. The zero-order chi connectivity index (χ0) is 14.4. The van der Waals surface area contributed by atoms with E-state index in [0.717, 1.165) is 4.90 Å². The maximum atomic E-state index is 11.5. The lowest BCUT2D eigenvalue weighted by Crippen LogP contribution is -2.40. The molecule has 0 radical (unpaired) electrons. The average Bonchev–Trinajstić information content (AvgIpc) is 2.62. The number of carbonyl (C=O) groups excluding carboxylic acids is 3. The van der Waals surface area contributed by atoms with Crippen LogP contribution in [0.1, 0.15) is 12.8 Å². The van der Waals surface area contributed by atoms with Gasteiger partial charge < -0.3 is 20.4 Å². The molecule has 108 valence electrons. The molecule has 1 saturated heterocycles. The van der Waals surface area contributed by atoms with E-state index in [9.17, 15) is 14.4 Å². The summed E-state index contributed by atoms with van der Waals surface area (Å²) in [5.41, 5.74) is 0. The second kappa shape index (κ2) is 7.05. The minimum atomic E-state index is -0.673. The Morgan fingerprint density at radius 3 is 2.47 bits per heavy atom.